The zero-order valence-corrected chi connectivity index (χ0v) is 13.2. The van der Waals surface area contributed by atoms with Gasteiger partial charge in [0, 0.05) is 16.5 Å². The van der Waals surface area contributed by atoms with Crippen molar-refractivity contribution in [3.63, 3.8) is 0 Å². The molecule has 3 heteroatoms. The minimum absolute atomic E-state index is 0.367. The van der Waals surface area contributed by atoms with Gasteiger partial charge in [-0.05, 0) is 49.8 Å². The summed E-state index contributed by atoms with van der Waals surface area (Å²) < 4.78 is 5.92. The molecule has 0 aliphatic heterocycles. The summed E-state index contributed by atoms with van der Waals surface area (Å²) in [7, 11) is 0. The highest BCUT2D eigenvalue weighted by atomic mass is 35.5. The van der Waals surface area contributed by atoms with Crippen LogP contribution in [0.3, 0.4) is 0 Å². The fourth-order valence-electron chi connectivity index (χ4n) is 2.17. The molecule has 0 aliphatic carbocycles. The van der Waals surface area contributed by atoms with Crippen molar-refractivity contribution in [2.45, 2.75) is 46.5 Å². The monoisotopic (exact) mass is 288 g/mol. The lowest BCUT2D eigenvalue weighted by Crippen LogP contribution is -2.07. The van der Waals surface area contributed by atoms with Crippen LogP contribution in [0.1, 0.15) is 49.3 Å². The van der Waals surface area contributed by atoms with Crippen molar-refractivity contribution in [2.24, 2.45) is 0 Å². The van der Waals surface area contributed by atoms with Gasteiger partial charge in [0.05, 0.1) is 6.61 Å². The van der Waals surface area contributed by atoms with Crippen LogP contribution < -0.4 is 4.74 Å². The maximum atomic E-state index is 6.28. The van der Waals surface area contributed by atoms with E-state index in [1.165, 1.54) is 5.56 Å². The van der Waals surface area contributed by atoms with E-state index in [2.05, 4.69) is 20.8 Å². The zero-order chi connectivity index (χ0) is 13.7. The normalized spacial score (nSPS) is 12.6. The quantitative estimate of drug-likeness (QED) is 0.630. The maximum absolute atomic E-state index is 6.28. The topological polar surface area (TPSA) is 9.23 Å². The first-order valence-electron chi connectivity index (χ1n) is 6.51. The Morgan fingerprint density at radius 2 is 2.00 bits per heavy atom. The first kappa shape index (κ1) is 15.7. The molecule has 0 saturated carbocycles. The lowest BCUT2D eigenvalue weighted by atomic mass is 9.91. The van der Waals surface area contributed by atoms with E-state index in [1.807, 2.05) is 13.0 Å². The molecule has 0 aromatic heterocycles. The Hall–Kier alpha value is -0.400. The van der Waals surface area contributed by atoms with Gasteiger partial charge in [0.15, 0.2) is 0 Å². The van der Waals surface area contributed by atoms with Gasteiger partial charge in [-0.25, -0.2) is 0 Å². The van der Waals surface area contributed by atoms with Crippen LogP contribution in [0.2, 0.25) is 5.02 Å². The number of hydrogen-bond donors (Lipinski definition) is 0. The second-order valence-corrected chi connectivity index (χ2v) is 5.56. The molecular weight excluding hydrogens is 267 g/mol. The van der Waals surface area contributed by atoms with E-state index in [0.29, 0.717) is 11.8 Å². The Morgan fingerprint density at radius 3 is 2.56 bits per heavy atom. The van der Waals surface area contributed by atoms with Gasteiger partial charge >= 0.3 is 0 Å². The first-order valence-corrected chi connectivity index (χ1v) is 7.42. The highest BCUT2D eigenvalue weighted by Gasteiger charge is 2.18. The van der Waals surface area contributed by atoms with Crippen LogP contribution in [0.25, 0.3) is 0 Å². The van der Waals surface area contributed by atoms with E-state index in [4.69, 9.17) is 27.9 Å². The number of halogens is 2. The molecule has 0 amide bonds. The summed E-state index contributed by atoms with van der Waals surface area (Å²) in [6.45, 7) is 9.13. The summed E-state index contributed by atoms with van der Waals surface area (Å²) in [5.74, 6) is 2.02. The molecule has 0 radical (unpaired) electrons. The molecule has 0 saturated heterocycles. The van der Waals surface area contributed by atoms with Crippen molar-refractivity contribution in [3.05, 3.63) is 27.8 Å². The fourth-order valence-corrected chi connectivity index (χ4v) is 2.77. The van der Waals surface area contributed by atoms with Crippen LogP contribution in [0, 0.1) is 13.8 Å². The van der Waals surface area contributed by atoms with Crippen molar-refractivity contribution in [3.8, 4) is 5.75 Å². The molecule has 0 fully saturated rings. The Bertz CT molecular complexity index is 402. The van der Waals surface area contributed by atoms with Crippen LogP contribution >= 0.6 is 23.2 Å². The van der Waals surface area contributed by atoms with Gasteiger partial charge in [-0.2, -0.15) is 0 Å². The van der Waals surface area contributed by atoms with Crippen molar-refractivity contribution in [2.75, 3.05) is 12.5 Å². The van der Waals surface area contributed by atoms with Crippen LogP contribution in [0.5, 0.6) is 5.75 Å². The highest BCUT2D eigenvalue weighted by Crippen LogP contribution is 2.38. The van der Waals surface area contributed by atoms with E-state index in [-0.39, 0.29) is 0 Å². The minimum atomic E-state index is 0.367. The molecule has 1 rings (SSSR count). The summed E-state index contributed by atoms with van der Waals surface area (Å²) in [4.78, 5) is 0. The number of alkyl halides is 1. The van der Waals surface area contributed by atoms with Gasteiger partial charge in [0.25, 0.3) is 0 Å². The smallest absolute Gasteiger partial charge is 0.126 e. The SMILES string of the molecule is CCCOc1c(C)cc(Cl)c(C)c1C(C)CCCl. The number of hydrogen-bond acceptors (Lipinski definition) is 1. The van der Waals surface area contributed by atoms with Gasteiger partial charge < -0.3 is 4.74 Å². The molecule has 0 N–H and O–H groups in total. The van der Waals surface area contributed by atoms with Crippen molar-refractivity contribution in [1.29, 1.82) is 0 Å². The average molecular weight is 289 g/mol. The average Bonchev–Trinajstić information content (AvgIpc) is 2.32. The first-order chi connectivity index (χ1) is 8.52. The molecule has 1 nitrogen and oxygen atoms in total. The van der Waals surface area contributed by atoms with E-state index in [1.54, 1.807) is 0 Å². The molecule has 0 aliphatic rings. The van der Waals surface area contributed by atoms with Crippen molar-refractivity contribution >= 4 is 23.2 Å². The van der Waals surface area contributed by atoms with E-state index >= 15 is 0 Å². The third-order valence-electron chi connectivity index (χ3n) is 3.19. The number of benzene rings is 1. The van der Waals surface area contributed by atoms with Gasteiger partial charge in [-0.1, -0.05) is 25.4 Å². The Kier molecular flexibility index (Phi) is 6.31. The largest absolute Gasteiger partial charge is 0.493 e. The molecule has 18 heavy (non-hydrogen) atoms. The fraction of sp³-hybridized carbons (Fsp3) is 0.600. The lowest BCUT2D eigenvalue weighted by molar-refractivity contribution is 0.310. The molecular formula is C15H22Cl2O. The Labute approximate surface area is 120 Å². The number of rotatable bonds is 6. The van der Waals surface area contributed by atoms with E-state index < -0.39 is 0 Å². The number of aryl methyl sites for hydroxylation is 1. The standard InChI is InChI=1S/C15H22Cl2O/c1-5-8-18-15-11(3)9-13(17)12(4)14(15)10(2)6-7-16/h9-10H,5-8H2,1-4H3. The summed E-state index contributed by atoms with van der Waals surface area (Å²) in [6, 6.07) is 1.98. The van der Waals surface area contributed by atoms with Gasteiger partial charge in [-0.15, -0.1) is 11.6 Å². The third-order valence-corrected chi connectivity index (χ3v) is 3.80. The van der Waals surface area contributed by atoms with Crippen molar-refractivity contribution < 1.29 is 4.74 Å². The molecule has 0 heterocycles. The van der Waals surface area contributed by atoms with Gasteiger partial charge in [0.2, 0.25) is 0 Å². The van der Waals surface area contributed by atoms with Crippen LogP contribution in [0.15, 0.2) is 6.07 Å². The van der Waals surface area contributed by atoms with Gasteiger partial charge in [0.1, 0.15) is 5.75 Å². The van der Waals surface area contributed by atoms with Crippen LogP contribution in [-0.2, 0) is 0 Å². The zero-order valence-electron chi connectivity index (χ0n) is 11.6. The molecule has 102 valence electrons. The van der Waals surface area contributed by atoms with Crippen LogP contribution in [-0.4, -0.2) is 12.5 Å². The predicted molar refractivity (Wildman–Crippen MR) is 80.5 cm³/mol. The molecule has 0 spiro atoms. The molecule has 1 aromatic rings. The summed E-state index contributed by atoms with van der Waals surface area (Å²) in [5, 5.41) is 0.813. The Morgan fingerprint density at radius 1 is 1.33 bits per heavy atom. The highest BCUT2D eigenvalue weighted by molar-refractivity contribution is 6.31. The molecule has 1 atom stereocenters. The third kappa shape index (κ3) is 3.55. The minimum Gasteiger partial charge on any atom is -0.493 e. The second-order valence-electron chi connectivity index (χ2n) is 4.77. The number of ether oxygens (including phenoxy) is 1. The van der Waals surface area contributed by atoms with E-state index in [9.17, 15) is 0 Å². The van der Waals surface area contributed by atoms with Gasteiger partial charge in [-0.3, -0.25) is 0 Å². The summed E-state index contributed by atoms with van der Waals surface area (Å²) >= 11 is 12.1. The summed E-state index contributed by atoms with van der Waals surface area (Å²) in [6.07, 6.45) is 1.94. The van der Waals surface area contributed by atoms with Crippen molar-refractivity contribution in [1.82, 2.24) is 0 Å². The Balaban J connectivity index is 3.23. The predicted octanol–water partition coefficient (Wildman–Crippen LogP) is 5.48. The lowest BCUT2D eigenvalue weighted by Gasteiger charge is -2.21. The molecule has 0 bridgehead atoms. The molecule has 1 unspecified atom stereocenters. The summed E-state index contributed by atoms with van der Waals surface area (Å²) in [5.41, 5.74) is 3.44. The molecule has 1 aromatic carbocycles. The maximum Gasteiger partial charge on any atom is 0.126 e. The second kappa shape index (κ2) is 7.25. The van der Waals surface area contributed by atoms with Crippen LogP contribution in [0.4, 0.5) is 0 Å². The van der Waals surface area contributed by atoms with E-state index in [0.717, 1.165) is 41.3 Å².